The van der Waals surface area contributed by atoms with Crippen molar-refractivity contribution in [3.05, 3.63) is 59.1 Å². The van der Waals surface area contributed by atoms with Gasteiger partial charge >= 0.3 is 0 Å². The molecule has 7 nitrogen and oxygen atoms in total. The minimum atomic E-state index is -0.292. The van der Waals surface area contributed by atoms with Crippen molar-refractivity contribution in [3.63, 3.8) is 0 Å². The van der Waals surface area contributed by atoms with Crippen molar-refractivity contribution in [2.45, 2.75) is 6.42 Å². The van der Waals surface area contributed by atoms with E-state index in [0.29, 0.717) is 21.8 Å². The fourth-order valence-electron chi connectivity index (χ4n) is 1.99. The first-order valence-electron chi connectivity index (χ1n) is 7.49. The standard InChI is InChI=1S/C16H15ClN6OS/c17-13-4-2-1-3-11(13)5-6-14(24)21-16-23-22-15(25-16)19-8-7-12-9-18-10-20-12/h1-6,9-10H,7-8H2,(H,18,20)(H,19,22)(H,21,23,24). The number of H-pyrrole nitrogens is 1. The van der Waals surface area contributed by atoms with Crippen LogP contribution in [0.15, 0.2) is 42.9 Å². The van der Waals surface area contributed by atoms with E-state index < -0.39 is 0 Å². The lowest BCUT2D eigenvalue weighted by molar-refractivity contribution is -0.111. The van der Waals surface area contributed by atoms with Crippen molar-refractivity contribution in [2.75, 3.05) is 17.2 Å². The molecule has 9 heteroatoms. The van der Waals surface area contributed by atoms with Crippen LogP contribution >= 0.6 is 22.9 Å². The highest BCUT2D eigenvalue weighted by atomic mass is 35.5. The molecule has 0 spiro atoms. The largest absolute Gasteiger partial charge is 0.360 e. The summed E-state index contributed by atoms with van der Waals surface area (Å²) in [6.07, 6.45) is 7.28. The first-order chi connectivity index (χ1) is 12.2. The number of nitrogens with zero attached hydrogens (tertiary/aromatic N) is 3. The van der Waals surface area contributed by atoms with Crippen molar-refractivity contribution in [2.24, 2.45) is 0 Å². The highest BCUT2D eigenvalue weighted by Gasteiger charge is 2.06. The first-order valence-corrected chi connectivity index (χ1v) is 8.68. The molecule has 0 aliphatic carbocycles. The van der Waals surface area contributed by atoms with Crippen LogP contribution in [-0.4, -0.2) is 32.6 Å². The summed E-state index contributed by atoms with van der Waals surface area (Å²) in [5.74, 6) is -0.292. The topological polar surface area (TPSA) is 95.6 Å². The summed E-state index contributed by atoms with van der Waals surface area (Å²) in [7, 11) is 0. The average molecular weight is 375 g/mol. The molecular weight excluding hydrogens is 360 g/mol. The summed E-state index contributed by atoms with van der Waals surface area (Å²) in [6, 6.07) is 7.29. The molecule has 1 aromatic carbocycles. The Labute approximate surface area is 153 Å². The van der Waals surface area contributed by atoms with Crippen LogP contribution in [0.25, 0.3) is 6.08 Å². The molecule has 2 heterocycles. The van der Waals surface area contributed by atoms with Crippen molar-refractivity contribution >= 4 is 45.2 Å². The summed E-state index contributed by atoms with van der Waals surface area (Å²) in [5.41, 5.74) is 1.81. The van der Waals surface area contributed by atoms with Gasteiger partial charge < -0.3 is 10.3 Å². The van der Waals surface area contributed by atoms with Gasteiger partial charge in [0.2, 0.25) is 16.2 Å². The van der Waals surface area contributed by atoms with Gasteiger partial charge in [0.05, 0.1) is 6.33 Å². The van der Waals surface area contributed by atoms with Crippen LogP contribution in [0.1, 0.15) is 11.3 Å². The maximum atomic E-state index is 11.9. The molecule has 0 atom stereocenters. The Balaban J connectivity index is 1.49. The van der Waals surface area contributed by atoms with E-state index in [4.69, 9.17) is 11.6 Å². The van der Waals surface area contributed by atoms with E-state index in [9.17, 15) is 4.79 Å². The SMILES string of the molecule is O=C(C=Cc1ccccc1Cl)Nc1nnc(NCCc2cnc[nH]2)s1. The van der Waals surface area contributed by atoms with E-state index in [-0.39, 0.29) is 5.91 Å². The van der Waals surface area contributed by atoms with E-state index in [1.165, 1.54) is 17.4 Å². The molecule has 3 N–H and O–H groups in total. The number of amides is 1. The molecule has 0 bridgehead atoms. The third-order valence-corrected chi connectivity index (χ3v) is 4.34. The Morgan fingerprint density at radius 3 is 2.92 bits per heavy atom. The van der Waals surface area contributed by atoms with E-state index in [1.807, 2.05) is 18.2 Å². The highest BCUT2D eigenvalue weighted by molar-refractivity contribution is 7.19. The number of rotatable bonds is 7. The van der Waals surface area contributed by atoms with Crippen molar-refractivity contribution in [1.29, 1.82) is 0 Å². The summed E-state index contributed by atoms with van der Waals surface area (Å²) in [6.45, 7) is 0.692. The molecule has 2 aromatic heterocycles. The van der Waals surface area contributed by atoms with Gasteiger partial charge in [-0.05, 0) is 17.7 Å². The summed E-state index contributed by atoms with van der Waals surface area (Å²) < 4.78 is 0. The number of imidazole rings is 1. The molecule has 0 fully saturated rings. The zero-order chi connectivity index (χ0) is 17.5. The maximum absolute atomic E-state index is 11.9. The van der Waals surface area contributed by atoms with E-state index in [0.717, 1.165) is 17.7 Å². The molecule has 1 amide bonds. The predicted octanol–water partition coefficient (Wildman–Crippen LogP) is 3.22. The van der Waals surface area contributed by atoms with Crippen molar-refractivity contribution < 1.29 is 4.79 Å². The van der Waals surface area contributed by atoms with Gasteiger partial charge in [0.25, 0.3) is 0 Å². The second kappa shape index (κ2) is 8.41. The van der Waals surface area contributed by atoms with Crippen LogP contribution < -0.4 is 10.6 Å². The summed E-state index contributed by atoms with van der Waals surface area (Å²) in [4.78, 5) is 18.9. The molecular formula is C16H15ClN6OS. The smallest absolute Gasteiger partial charge is 0.250 e. The van der Waals surface area contributed by atoms with E-state index >= 15 is 0 Å². The van der Waals surface area contributed by atoms with Gasteiger partial charge in [-0.2, -0.15) is 0 Å². The highest BCUT2D eigenvalue weighted by Crippen LogP contribution is 2.20. The monoisotopic (exact) mass is 374 g/mol. The average Bonchev–Trinajstić information content (AvgIpc) is 3.26. The summed E-state index contributed by atoms with van der Waals surface area (Å²) in [5, 5.41) is 15.4. The number of halogens is 1. The maximum Gasteiger partial charge on any atom is 0.250 e. The number of aromatic amines is 1. The quantitative estimate of drug-likeness (QED) is 0.552. The zero-order valence-electron chi connectivity index (χ0n) is 13.1. The molecule has 25 heavy (non-hydrogen) atoms. The van der Waals surface area contributed by atoms with Gasteiger partial charge in [-0.1, -0.05) is 41.1 Å². The third kappa shape index (κ3) is 5.13. The lowest BCUT2D eigenvalue weighted by atomic mass is 10.2. The lowest BCUT2D eigenvalue weighted by Gasteiger charge is -1.99. The van der Waals surface area contributed by atoms with Gasteiger partial charge in [-0.25, -0.2) is 4.98 Å². The molecule has 0 aliphatic heterocycles. The summed E-state index contributed by atoms with van der Waals surface area (Å²) >= 11 is 7.31. The number of carbonyl (C=O) groups excluding carboxylic acids is 1. The van der Waals surface area contributed by atoms with Crippen LogP contribution in [0.5, 0.6) is 0 Å². The van der Waals surface area contributed by atoms with Gasteiger partial charge in [0.15, 0.2) is 0 Å². The number of carbonyl (C=O) groups is 1. The normalized spacial score (nSPS) is 10.9. The van der Waals surface area contributed by atoms with Crippen LogP contribution in [0.3, 0.4) is 0 Å². The Morgan fingerprint density at radius 1 is 1.28 bits per heavy atom. The van der Waals surface area contributed by atoms with E-state index in [1.54, 1.807) is 24.7 Å². The number of aromatic nitrogens is 4. The first kappa shape index (κ1) is 17.1. The molecule has 0 aliphatic rings. The molecule has 3 rings (SSSR count). The van der Waals surface area contributed by atoms with Crippen molar-refractivity contribution in [3.8, 4) is 0 Å². The Morgan fingerprint density at radius 2 is 2.12 bits per heavy atom. The molecule has 0 radical (unpaired) electrons. The van der Waals surface area contributed by atoms with Crippen LogP contribution in [-0.2, 0) is 11.2 Å². The molecule has 0 saturated carbocycles. The third-order valence-electron chi connectivity index (χ3n) is 3.20. The molecule has 128 valence electrons. The van der Waals surface area contributed by atoms with Crippen molar-refractivity contribution in [1.82, 2.24) is 20.2 Å². The molecule has 0 saturated heterocycles. The Bertz CT molecular complexity index is 861. The second-order valence-electron chi connectivity index (χ2n) is 5.01. The van der Waals surface area contributed by atoms with Gasteiger partial charge in [-0.3, -0.25) is 10.1 Å². The minimum Gasteiger partial charge on any atom is -0.360 e. The number of hydrogen-bond acceptors (Lipinski definition) is 6. The molecule has 0 unspecified atom stereocenters. The van der Waals surface area contributed by atoms with Gasteiger partial charge in [0, 0.05) is 36.0 Å². The van der Waals surface area contributed by atoms with Crippen LogP contribution in [0, 0.1) is 0 Å². The Hall–Kier alpha value is -2.71. The number of nitrogens with one attached hydrogen (secondary N) is 3. The lowest BCUT2D eigenvalue weighted by Crippen LogP contribution is -2.07. The predicted molar refractivity (Wildman–Crippen MR) is 99.8 cm³/mol. The Kier molecular flexibility index (Phi) is 5.76. The van der Waals surface area contributed by atoms with Gasteiger partial charge in [-0.15, -0.1) is 10.2 Å². The minimum absolute atomic E-state index is 0.292. The van der Waals surface area contributed by atoms with Crippen LogP contribution in [0.4, 0.5) is 10.3 Å². The molecule has 3 aromatic rings. The number of hydrogen-bond donors (Lipinski definition) is 3. The van der Waals surface area contributed by atoms with E-state index in [2.05, 4.69) is 30.8 Å². The fourth-order valence-corrected chi connectivity index (χ4v) is 2.86. The fraction of sp³-hybridized carbons (Fsp3) is 0.125. The number of benzene rings is 1. The zero-order valence-corrected chi connectivity index (χ0v) is 14.6. The second-order valence-corrected chi connectivity index (χ2v) is 6.39. The number of anilines is 2. The van der Waals surface area contributed by atoms with Crippen LogP contribution in [0.2, 0.25) is 5.02 Å². The van der Waals surface area contributed by atoms with Gasteiger partial charge in [0.1, 0.15) is 0 Å².